The molecule has 0 aliphatic heterocycles. The van der Waals surface area contributed by atoms with Crippen molar-refractivity contribution in [1.29, 1.82) is 0 Å². The number of fused-ring (bicyclic) bond motifs is 1. The lowest BCUT2D eigenvalue weighted by molar-refractivity contribution is -0.137. The third-order valence-corrected chi connectivity index (χ3v) is 5.91. The van der Waals surface area contributed by atoms with Crippen LogP contribution in [-0.4, -0.2) is 22.4 Å². The van der Waals surface area contributed by atoms with Gasteiger partial charge in [0.15, 0.2) is 0 Å². The molecule has 3 N–H and O–H groups in total. The minimum Gasteiger partial charge on any atom is -0.321 e. The fourth-order valence-corrected chi connectivity index (χ4v) is 4.31. The summed E-state index contributed by atoms with van der Waals surface area (Å²) in [5, 5.41) is 5.85. The number of carbonyl (C=O) groups excluding carboxylic acids is 3. The van der Waals surface area contributed by atoms with Gasteiger partial charge in [0.25, 0.3) is 5.91 Å². The molecule has 0 saturated heterocycles. The monoisotopic (exact) mass is 612 g/mol. The standard InChI is InChI=1S/C24H14BrCl2F3N4O3/c25-14-4-5-19-12(6-14)7-20(21(35)32-18-10-15(26)9-16(27)11-18)34(19)33-23(37)22(36)31-17-3-1-2-13(8-17)24(28,29)30/h1-11H,(H,31,36)(H,32,35)(H,33,37). The number of carbonyl (C=O) groups is 3. The molecule has 7 nitrogen and oxygen atoms in total. The Morgan fingerprint density at radius 2 is 1.51 bits per heavy atom. The van der Waals surface area contributed by atoms with Crippen molar-refractivity contribution in [3.63, 3.8) is 0 Å². The Bertz CT molecular complexity index is 1540. The molecule has 4 rings (SSSR count). The van der Waals surface area contributed by atoms with Crippen LogP contribution in [0.25, 0.3) is 10.9 Å². The van der Waals surface area contributed by atoms with Crippen LogP contribution in [-0.2, 0) is 15.8 Å². The molecule has 1 aromatic heterocycles. The average Bonchev–Trinajstić information content (AvgIpc) is 3.15. The highest BCUT2D eigenvalue weighted by Gasteiger charge is 2.30. The molecule has 0 unspecified atom stereocenters. The number of rotatable bonds is 4. The van der Waals surface area contributed by atoms with Gasteiger partial charge in [0.2, 0.25) is 0 Å². The van der Waals surface area contributed by atoms with Gasteiger partial charge in [0.1, 0.15) is 5.69 Å². The molecule has 3 aromatic carbocycles. The fourth-order valence-electron chi connectivity index (χ4n) is 3.41. The molecule has 0 saturated carbocycles. The normalized spacial score (nSPS) is 11.3. The van der Waals surface area contributed by atoms with Crippen molar-refractivity contribution < 1.29 is 27.6 Å². The first-order valence-electron chi connectivity index (χ1n) is 10.3. The molecule has 0 bridgehead atoms. The van der Waals surface area contributed by atoms with E-state index in [0.717, 1.165) is 16.8 Å². The second-order valence-corrected chi connectivity index (χ2v) is 9.44. The number of nitrogens with zero attached hydrogens (tertiary/aromatic N) is 1. The third kappa shape index (κ3) is 6.24. The summed E-state index contributed by atoms with van der Waals surface area (Å²) in [6.07, 6.45) is -4.63. The summed E-state index contributed by atoms with van der Waals surface area (Å²) in [7, 11) is 0. The van der Waals surface area contributed by atoms with Gasteiger partial charge in [-0.15, -0.1) is 0 Å². The molecule has 0 atom stereocenters. The molecule has 3 amide bonds. The highest BCUT2D eigenvalue weighted by molar-refractivity contribution is 9.10. The van der Waals surface area contributed by atoms with E-state index in [4.69, 9.17) is 23.2 Å². The summed E-state index contributed by atoms with van der Waals surface area (Å²) in [6, 6.07) is 14.7. The smallest absolute Gasteiger partial charge is 0.321 e. The van der Waals surface area contributed by atoms with Crippen LogP contribution < -0.4 is 16.1 Å². The molecule has 4 aromatic rings. The molecule has 0 radical (unpaired) electrons. The van der Waals surface area contributed by atoms with Crippen molar-refractivity contribution in [1.82, 2.24) is 4.68 Å². The molecule has 13 heteroatoms. The fraction of sp³-hybridized carbons (Fsp3) is 0.0417. The maximum Gasteiger partial charge on any atom is 0.416 e. The van der Waals surface area contributed by atoms with Crippen LogP contribution in [0.2, 0.25) is 10.0 Å². The van der Waals surface area contributed by atoms with Gasteiger partial charge in [-0.1, -0.05) is 45.2 Å². The van der Waals surface area contributed by atoms with E-state index >= 15 is 0 Å². The molecule has 190 valence electrons. The van der Waals surface area contributed by atoms with Crippen molar-refractivity contribution in [2.45, 2.75) is 6.18 Å². The lowest BCUT2D eigenvalue weighted by atomic mass is 10.2. The molecule has 0 spiro atoms. The first kappa shape index (κ1) is 26.5. The molecular weight excluding hydrogens is 600 g/mol. The highest BCUT2D eigenvalue weighted by Crippen LogP contribution is 2.31. The zero-order valence-corrected chi connectivity index (χ0v) is 21.4. The minimum atomic E-state index is -4.63. The van der Waals surface area contributed by atoms with Crippen molar-refractivity contribution >= 4 is 79.1 Å². The van der Waals surface area contributed by atoms with Gasteiger partial charge in [0, 0.05) is 31.3 Å². The lowest BCUT2D eigenvalue weighted by Crippen LogP contribution is -2.36. The highest BCUT2D eigenvalue weighted by atomic mass is 79.9. The van der Waals surface area contributed by atoms with Crippen LogP contribution in [0.3, 0.4) is 0 Å². The average molecular weight is 614 g/mol. The van der Waals surface area contributed by atoms with Gasteiger partial charge in [-0.3, -0.25) is 19.8 Å². The zero-order chi connectivity index (χ0) is 26.9. The molecule has 0 aliphatic carbocycles. The van der Waals surface area contributed by atoms with E-state index in [1.165, 1.54) is 30.3 Å². The molecule has 1 heterocycles. The quantitative estimate of drug-likeness (QED) is 0.224. The molecule has 0 fully saturated rings. The van der Waals surface area contributed by atoms with Crippen molar-refractivity contribution in [3.8, 4) is 0 Å². The van der Waals surface area contributed by atoms with Crippen LogP contribution in [0.5, 0.6) is 0 Å². The number of benzene rings is 3. The Morgan fingerprint density at radius 1 is 0.811 bits per heavy atom. The van der Waals surface area contributed by atoms with E-state index in [1.807, 2.05) is 0 Å². The number of hydrogen-bond donors (Lipinski definition) is 3. The maximum atomic E-state index is 13.1. The Hall–Kier alpha value is -3.54. The number of halogens is 6. The number of aromatic nitrogens is 1. The first-order valence-corrected chi connectivity index (χ1v) is 11.8. The lowest BCUT2D eigenvalue weighted by Gasteiger charge is -2.13. The minimum absolute atomic E-state index is 0.0515. The number of alkyl halides is 3. The van der Waals surface area contributed by atoms with E-state index in [9.17, 15) is 27.6 Å². The van der Waals surface area contributed by atoms with Gasteiger partial charge in [-0.05, 0) is 60.7 Å². The van der Waals surface area contributed by atoms with Crippen LogP contribution in [0, 0.1) is 0 Å². The Labute approximate surface area is 225 Å². The maximum absolute atomic E-state index is 13.1. The van der Waals surface area contributed by atoms with Crippen LogP contribution in [0.4, 0.5) is 24.5 Å². The predicted octanol–water partition coefficient (Wildman–Crippen LogP) is 6.69. The second kappa shape index (κ2) is 10.4. The second-order valence-electron chi connectivity index (χ2n) is 7.65. The van der Waals surface area contributed by atoms with Crippen LogP contribution in [0.1, 0.15) is 16.1 Å². The predicted molar refractivity (Wildman–Crippen MR) is 138 cm³/mol. The summed E-state index contributed by atoms with van der Waals surface area (Å²) in [6.45, 7) is 0. The van der Waals surface area contributed by atoms with E-state index in [0.29, 0.717) is 21.4 Å². The summed E-state index contributed by atoms with van der Waals surface area (Å²) in [4.78, 5) is 38.3. The number of amides is 3. The van der Waals surface area contributed by atoms with Crippen LogP contribution >= 0.6 is 39.1 Å². The van der Waals surface area contributed by atoms with Crippen LogP contribution in [0.15, 0.2) is 71.2 Å². The van der Waals surface area contributed by atoms with Gasteiger partial charge in [-0.25, -0.2) is 4.68 Å². The number of nitrogens with one attached hydrogen (secondary N) is 3. The van der Waals surface area contributed by atoms with Gasteiger partial charge in [0.05, 0.1) is 11.1 Å². The number of hydrogen-bond acceptors (Lipinski definition) is 3. The van der Waals surface area contributed by atoms with E-state index < -0.39 is 29.5 Å². The van der Waals surface area contributed by atoms with E-state index in [1.54, 1.807) is 18.2 Å². The van der Waals surface area contributed by atoms with E-state index in [-0.39, 0.29) is 27.1 Å². The largest absolute Gasteiger partial charge is 0.416 e. The van der Waals surface area contributed by atoms with Gasteiger partial charge in [-0.2, -0.15) is 13.2 Å². The summed E-state index contributed by atoms with van der Waals surface area (Å²) in [5.41, 5.74) is 1.71. The third-order valence-electron chi connectivity index (χ3n) is 4.98. The van der Waals surface area contributed by atoms with Gasteiger partial charge >= 0.3 is 18.0 Å². The van der Waals surface area contributed by atoms with Gasteiger partial charge < -0.3 is 10.6 Å². The summed E-state index contributed by atoms with van der Waals surface area (Å²) >= 11 is 15.3. The van der Waals surface area contributed by atoms with Crippen molar-refractivity contribution in [2.24, 2.45) is 0 Å². The SMILES string of the molecule is O=C(Nc1cccc(C(F)(F)F)c1)C(=O)Nn1c(C(=O)Nc2cc(Cl)cc(Cl)c2)cc2cc(Br)ccc21. The molecular formula is C24H14BrCl2F3N4O3. The summed E-state index contributed by atoms with van der Waals surface area (Å²) in [5.74, 6) is -3.13. The Morgan fingerprint density at radius 3 is 2.19 bits per heavy atom. The first-order chi connectivity index (χ1) is 17.4. The summed E-state index contributed by atoms with van der Waals surface area (Å²) < 4.78 is 40.7. The molecule has 37 heavy (non-hydrogen) atoms. The zero-order valence-electron chi connectivity index (χ0n) is 18.3. The number of anilines is 2. The topological polar surface area (TPSA) is 92.2 Å². The van der Waals surface area contributed by atoms with Crippen molar-refractivity contribution in [2.75, 3.05) is 16.1 Å². The van der Waals surface area contributed by atoms with E-state index in [2.05, 4.69) is 32.0 Å². The Kier molecular flexibility index (Phi) is 7.49. The molecule has 0 aliphatic rings. The Balaban J connectivity index is 1.61. The van der Waals surface area contributed by atoms with Crippen molar-refractivity contribution in [3.05, 3.63) is 92.5 Å².